The van der Waals surface area contributed by atoms with Gasteiger partial charge in [-0.15, -0.1) is 0 Å². The second-order valence-electron chi connectivity index (χ2n) is 8.09. The number of hydrogen-bond donors (Lipinski definition) is 1. The third kappa shape index (κ3) is 4.28. The molecule has 4 heterocycles. The van der Waals surface area contributed by atoms with E-state index in [1.165, 1.54) is 12.1 Å². The molecule has 2 saturated heterocycles. The third-order valence-corrected chi connectivity index (χ3v) is 5.73. The molecule has 2 fully saturated rings. The first kappa shape index (κ1) is 20.0. The van der Waals surface area contributed by atoms with E-state index in [-0.39, 0.29) is 6.04 Å². The van der Waals surface area contributed by atoms with Gasteiger partial charge in [0.2, 0.25) is 0 Å². The van der Waals surface area contributed by atoms with E-state index in [0.29, 0.717) is 25.3 Å². The Hall–Kier alpha value is -2.91. The van der Waals surface area contributed by atoms with Gasteiger partial charge < -0.3 is 15.0 Å². The van der Waals surface area contributed by atoms with Crippen LogP contribution < -0.4 is 10.2 Å². The lowest BCUT2D eigenvalue weighted by atomic mass is 10.1. The minimum absolute atomic E-state index is 0.228. The number of halogens is 2. The van der Waals surface area contributed by atoms with Gasteiger partial charge in [0.15, 0.2) is 11.6 Å². The molecule has 0 unspecified atom stereocenters. The Labute approximate surface area is 179 Å². The summed E-state index contributed by atoms with van der Waals surface area (Å²) in [6.45, 7) is 6.68. The van der Waals surface area contributed by atoms with Gasteiger partial charge in [-0.1, -0.05) is 6.07 Å². The van der Waals surface area contributed by atoms with Crippen LogP contribution in [-0.2, 0) is 11.3 Å². The molecule has 2 aromatic heterocycles. The summed E-state index contributed by atoms with van der Waals surface area (Å²) in [6.07, 6.45) is 1.75. The molecule has 9 heteroatoms. The van der Waals surface area contributed by atoms with Crippen LogP contribution in [0.5, 0.6) is 0 Å². The second kappa shape index (κ2) is 8.32. The number of aryl methyl sites for hydroxylation is 1. The van der Waals surface area contributed by atoms with Crippen molar-refractivity contribution in [2.45, 2.75) is 19.5 Å². The van der Waals surface area contributed by atoms with Crippen LogP contribution in [0.1, 0.15) is 11.3 Å². The van der Waals surface area contributed by atoms with Crippen LogP contribution in [0, 0.1) is 18.6 Å². The summed E-state index contributed by atoms with van der Waals surface area (Å²) in [7, 11) is 0. The van der Waals surface area contributed by atoms with Crippen molar-refractivity contribution in [3.63, 3.8) is 0 Å². The lowest BCUT2D eigenvalue weighted by Crippen LogP contribution is -2.47. The number of benzene rings is 1. The van der Waals surface area contributed by atoms with Crippen LogP contribution >= 0.6 is 0 Å². The molecule has 7 nitrogen and oxygen atoms in total. The Morgan fingerprint density at radius 2 is 1.87 bits per heavy atom. The minimum atomic E-state index is -0.553. The summed E-state index contributed by atoms with van der Waals surface area (Å²) in [5.41, 5.74) is 2.97. The standard InChI is InChI=1S/C22H24F2N6O/c1-14-8-19-20(10-25-14)27-21(26-17-12-31-13-17)22(28-19)30-6-4-29(5-7-30)11-15-2-3-16(23)9-18(15)24/h2-3,8-10,17H,4-7,11-13H2,1H3,(H,26,27). The molecular formula is C22H24F2N6O. The van der Waals surface area contributed by atoms with Crippen molar-refractivity contribution in [3.8, 4) is 0 Å². The fourth-order valence-electron chi connectivity index (χ4n) is 3.89. The SMILES string of the molecule is Cc1cc2nc(N3CCN(Cc4ccc(F)cc4F)CC3)c(NC3COC3)nc2cn1. The smallest absolute Gasteiger partial charge is 0.172 e. The number of ether oxygens (including phenoxy) is 1. The molecule has 1 N–H and O–H groups in total. The second-order valence-corrected chi connectivity index (χ2v) is 8.09. The molecule has 2 aliphatic rings. The number of aromatic nitrogens is 3. The molecule has 0 spiro atoms. The van der Waals surface area contributed by atoms with Crippen LogP contribution in [0.3, 0.4) is 0 Å². The fourth-order valence-corrected chi connectivity index (χ4v) is 3.89. The molecule has 0 aliphatic carbocycles. The topological polar surface area (TPSA) is 66.4 Å². The number of hydrogen-bond acceptors (Lipinski definition) is 7. The van der Waals surface area contributed by atoms with Gasteiger partial charge in [0.05, 0.1) is 31.0 Å². The zero-order valence-electron chi connectivity index (χ0n) is 17.3. The highest BCUT2D eigenvalue weighted by molar-refractivity contribution is 5.80. The minimum Gasteiger partial charge on any atom is -0.377 e. The normalized spacial score (nSPS) is 17.7. The molecule has 162 valence electrons. The average Bonchev–Trinajstić information content (AvgIpc) is 2.73. The summed E-state index contributed by atoms with van der Waals surface area (Å²) in [4.78, 5) is 18.4. The molecule has 0 amide bonds. The van der Waals surface area contributed by atoms with Crippen LogP contribution in [0.2, 0.25) is 0 Å². The monoisotopic (exact) mass is 426 g/mol. The van der Waals surface area contributed by atoms with Crippen LogP contribution in [-0.4, -0.2) is 65.3 Å². The summed E-state index contributed by atoms with van der Waals surface area (Å²) in [6, 6.07) is 5.93. The molecular weight excluding hydrogens is 402 g/mol. The van der Waals surface area contributed by atoms with E-state index < -0.39 is 11.6 Å². The molecule has 2 aliphatic heterocycles. The van der Waals surface area contributed by atoms with E-state index in [0.717, 1.165) is 60.6 Å². The molecule has 0 saturated carbocycles. The van der Waals surface area contributed by atoms with E-state index in [4.69, 9.17) is 14.7 Å². The number of pyridine rings is 1. The lowest BCUT2D eigenvalue weighted by molar-refractivity contribution is 0.0209. The first-order valence-corrected chi connectivity index (χ1v) is 10.4. The maximum atomic E-state index is 14.0. The zero-order chi connectivity index (χ0) is 21.4. The van der Waals surface area contributed by atoms with Gasteiger partial charge >= 0.3 is 0 Å². The summed E-state index contributed by atoms with van der Waals surface area (Å²) >= 11 is 0. The number of nitrogens with zero attached hydrogens (tertiary/aromatic N) is 5. The maximum Gasteiger partial charge on any atom is 0.172 e. The summed E-state index contributed by atoms with van der Waals surface area (Å²) in [5, 5.41) is 3.45. The van der Waals surface area contributed by atoms with Gasteiger partial charge in [-0.25, -0.2) is 18.7 Å². The predicted octanol–water partition coefficient (Wildman–Crippen LogP) is 2.74. The highest BCUT2D eigenvalue weighted by Crippen LogP contribution is 2.28. The van der Waals surface area contributed by atoms with Crippen molar-refractivity contribution in [1.29, 1.82) is 0 Å². The molecule has 3 aromatic rings. The molecule has 0 atom stereocenters. The van der Waals surface area contributed by atoms with E-state index in [1.54, 1.807) is 6.20 Å². The van der Waals surface area contributed by atoms with Gasteiger partial charge in [-0.3, -0.25) is 9.88 Å². The van der Waals surface area contributed by atoms with Crippen molar-refractivity contribution in [1.82, 2.24) is 19.9 Å². The largest absolute Gasteiger partial charge is 0.377 e. The Morgan fingerprint density at radius 1 is 1.06 bits per heavy atom. The molecule has 1 aromatic carbocycles. The van der Waals surface area contributed by atoms with E-state index in [1.807, 2.05) is 13.0 Å². The highest BCUT2D eigenvalue weighted by Gasteiger charge is 2.26. The first-order chi connectivity index (χ1) is 15.0. The first-order valence-electron chi connectivity index (χ1n) is 10.4. The molecule has 0 radical (unpaired) electrons. The van der Waals surface area contributed by atoms with Gasteiger partial charge in [0, 0.05) is 50.0 Å². The van der Waals surface area contributed by atoms with Crippen molar-refractivity contribution >= 4 is 22.7 Å². The summed E-state index contributed by atoms with van der Waals surface area (Å²) < 4.78 is 32.5. The number of fused-ring (bicyclic) bond motifs is 1. The van der Waals surface area contributed by atoms with Crippen molar-refractivity contribution in [2.24, 2.45) is 0 Å². The van der Waals surface area contributed by atoms with E-state index in [2.05, 4.69) is 20.1 Å². The Balaban J connectivity index is 1.34. The predicted molar refractivity (Wildman–Crippen MR) is 114 cm³/mol. The number of piperazine rings is 1. The molecule has 0 bridgehead atoms. The van der Waals surface area contributed by atoms with Gasteiger partial charge in [0.1, 0.15) is 17.2 Å². The third-order valence-electron chi connectivity index (χ3n) is 5.73. The molecule has 5 rings (SSSR count). The lowest BCUT2D eigenvalue weighted by Gasteiger charge is -2.37. The van der Waals surface area contributed by atoms with E-state index >= 15 is 0 Å². The van der Waals surface area contributed by atoms with Gasteiger partial charge in [0.25, 0.3) is 0 Å². The number of anilines is 2. The Morgan fingerprint density at radius 3 is 2.58 bits per heavy atom. The van der Waals surface area contributed by atoms with Crippen molar-refractivity contribution < 1.29 is 13.5 Å². The van der Waals surface area contributed by atoms with Crippen LogP contribution in [0.25, 0.3) is 11.0 Å². The number of rotatable bonds is 5. The van der Waals surface area contributed by atoms with Crippen LogP contribution in [0.4, 0.5) is 20.4 Å². The average molecular weight is 426 g/mol. The highest BCUT2D eigenvalue weighted by atomic mass is 19.1. The van der Waals surface area contributed by atoms with Gasteiger partial charge in [-0.05, 0) is 19.1 Å². The molecule has 31 heavy (non-hydrogen) atoms. The summed E-state index contributed by atoms with van der Waals surface area (Å²) in [5.74, 6) is 0.506. The zero-order valence-corrected chi connectivity index (χ0v) is 17.3. The number of nitrogens with one attached hydrogen (secondary N) is 1. The quantitative estimate of drug-likeness (QED) is 0.673. The van der Waals surface area contributed by atoms with E-state index in [9.17, 15) is 8.78 Å². The van der Waals surface area contributed by atoms with Crippen molar-refractivity contribution in [3.05, 3.63) is 53.4 Å². The van der Waals surface area contributed by atoms with Gasteiger partial charge in [-0.2, -0.15) is 0 Å². The Kier molecular flexibility index (Phi) is 5.37. The van der Waals surface area contributed by atoms with Crippen LogP contribution in [0.15, 0.2) is 30.5 Å². The maximum absolute atomic E-state index is 14.0. The van der Waals surface area contributed by atoms with Crippen molar-refractivity contribution in [2.75, 3.05) is 49.6 Å². The Bertz CT molecular complexity index is 1100. The fraction of sp³-hybridized carbons (Fsp3) is 0.409.